The molecule has 1 saturated heterocycles. The molecule has 0 aliphatic carbocycles. The first kappa shape index (κ1) is 21.4. The van der Waals surface area contributed by atoms with Crippen molar-refractivity contribution in [1.82, 2.24) is 4.90 Å². The molecule has 3 aromatic rings. The monoisotopic (exact) mass is 443 g/mol. The van der Waals surface area contributed by atoms with Gasteiger partial charge < -0.3 is 9.52 Å². The summed E-state index contributed by atoms with van der Waals surface area (Å²) >= 11 is 1.21. The summed E-state index contributed by atoms with van der Waals surface area (Å²) in [5.41, 5.74) is 2.56. The Labute approximate surface area is 190 Å². The first-order valence-electron chi connectivity index (χ1n) is 9.96. The molecule has 0 atom stereocenters. The van der Waals surface area contributed by atoms with Gasteiger partial charge in [0.1, 0.15) is 11.5 Å². The lowest BCUT2D eigenvalue weighted by Crippen LogP contribution is -2.28. The normalized spacial score (nSPS) is 17.2. The number of hydrogen-bond donors (Lipinski definition) is 1. The van der Waals surface area contributed by atoms with Crippen molar-refractivity contribution < 1.29 is 14.3 Å². The maximum atomic E-state index is 13.1. The van der Waals surface area contributed by atoms with Crippen LogP contribution in [0.1, 0.15) is 23.8 Å². The number of hydrogen-bond acceptors (Lipinski definition) is 6. The minimum absolute atomic E-state index is 0.107. The topological polar surface area (TPSA) is 78.4 Å². The zero-order chi connectivity index (χ0) is 22.3. The van der Waals surface area contributed by atoms with Crippen molar-refractivity contribution in [3.8, 4) is 5.75 Å². The molecule has 32 heavy (non-hydrogen) atoms. The molecule has 0 bridgehead atoms. The molecule has 6 nitrogen and oxygen atoms in total. The van der Waals surface area contributed by atoms with Crippen LogP contribution >= 0.6 is 11.8 Å². The summed E-state index contributed by atoms with van der Waals surface area (Å²) < 4.78 is 5.41. The quantitative estimate of drug-likeness (QED) is 0.308. The van der Waals surface area contributed by atoms with E-state index >= 15 is 0 Å². The third-order valence-corrected chi connectivity index (χ3v) is 5.60. The first-order chi connectivity index (χ1) is 15.6. The van der Waals surface area contributed by atoms with E-state index in [2.05, 4.69) is 10.2 Å². The molecule has 7 heteroatoms. The van der Waals surface area contributed by atoms with E-state index in [1.807, 2.05) is 43.3 Å². The summed E-state index contributed by atoms with van der Waals surface area (Å²) in [6, 6.07) is 20.4. The number of furan rings is 1. The molecule has 2 heterocycles. The van der Waals surface area contributed by atoms with Crippen molar-refractivity contribution >= 4 is 41.2 Å². The molecular formula is C25H21N3O3S. The molecule has 1 amide bonds. The number of carbonyl (C=O) groups is 1. The Morgan fingerprint density at radius 2 is 1.88 bits per heavy atom. The highest BCUT2D eigenvalue weighted by Gasteiger charge is 2.34. The number of phenols is 1. The van der Waals surface area contributed by atoms with Gasteiger partial charge in [-0.25, -0.2) is 0 Å². The minimum Gasteiger partial charge on any atom is -0.507 e. The zero-order valence-electron chi connectivity index (χ0n) is 17.4. The van der Waals surface area contributed by atoms with Crippen LogP contribution in [0.15, 0.2) is 98.1 Å². The van der Waals surface area contributed by atoms with Crippen molar-refractivity contribution in [1.29, 1.82) is 0 Å². The minimum atomic E-state index is -0.222. The Morgan fingerprint density at radius 3 is 2.62 bits per heavy atom. The number of allylic oxidation sites excluding steroid dienone is 1. The second-order valence-electron chi connectivity index (χ2n) is 7.07. The SMILES string of the molecule is CC(/C=N\N=C1\S/C(=C\c2ccccc2O)C(=O)N1Cc1ccco1)=C\c1ccccc1. The highest BCUT2D eigenvalue weighted by atomic mass is 32.2. The van der Waals surface area contributed by atoms with Crippen molar-refractivity contribution in [3.63, 3.8) is 0 Å². The van der Waals surface area contributed by atoms with Crippen LogP contribution in [-0.2, 0) is 11.3 Å². The van der Waals surface area contributed by atoms with Gasteiger partial charge in [-0.05, 0) is 54.1 Å². The Bertz CT molecular complexity index is 1210. The molecule has 160 valence electrons. The number of rotatable bonds is 6. The van der Waals surface area contributed by atoms with Crippen LogP contribution in [0.3, 0.4) is 0 Å². The van der Waals surface area contributed by atoms with E-state index in [1.165, 1.54) is 16.7 Å². The van der Waals surface area contributed by atoms with E-state index in [0.717, 1.165) is 11.1 Å². The van der Waals surface area contributed by atoms with Gasteiger partial charge in [-0.3, -0.25) is 9.69 Å². The summed E-state index contributed by atoms with van der Waals surface area (Å²) in [6.07, 6.45) is 6.88. The highest BCUT2D eigenvalue weighted by Crippen LogP contribution is 2.35. The average molecular weight is 444 g/mol. The highest BCUT2D eigenvalue weighted by molar-refractivity contribution is 8.18. The lowest BCUT2D eigenvalue weighted by Gasteiger charge is -2.12. The van der Waals surface area contributed by atoms with Gasteiger partial charge in [0.2, 0.25) is 0 Å². The second kappa shape index (κ2) is 9.98. The van der Waals surface area contributed by atoms with Crippen LogP contribution in [0.4, 0.5) is 0 Å². The molecule has 1 aliphatic heterocycles. The molecule has 1 N–H and O–H groups in total. The van der Waals surface area contributed by atoms with Gasteiger partial charge in [-0.2, -0.15) is 5.10 Å². The number of benzene rings is 2. The number of amidine groups is 1. The van der Waals surface area contributed by atoms with Gasteiger partial charge in [0.15, 0.2) is 5.17 Å². The van der Waals surface area contributed by atoms with Gasteiger partial charge in [-0.15, -0.1) is 5.10 Å². The molecule has 0 saturated carbocycles. The van der Waals surface area contributed by atoms with Crippen molar-refractivity contribution in [2.75, 3.05) is 0 Å². The second-order valence-corrected chi connectivity index (χ2v) is 8.08. The predicted octanol–water partition coefficient (Wildman–Crippen LogP) is 5.55. The van der Waals surface area contributed by atoms with Crippen molar-refractivity contribution in [2.24, 2.45) is 10.2 Å². The van der Waals surface area contributed by atoms with Crippen molar-refractivity contribution in [3.05, 3.63) is 100 Å². The Hall–Kier alpha value is -3.84. The number of aromatic hydroxyl groups is 1. The predicted molar refractivity (Wildman–Crippen MR) is 129 cm³/mol. The number of amides is 1. The van der Waals surface area contributed by atoms with E-state index in [9.17, 15) is 9.90 Å². The van der Waals surface area contributed by atoms with Crippen LogP contribution in [0.5, 0.6) is 5.75 Å². The molecule has 2 aromatic carbocycles. The summed E-state index contributed by atoms with van der Waals surface area (Å²) in [7, 11) is 0. The fourth-order valence-electron chi connectivity index (χ4n) is 3.05. The first-order valence-corrected chi connectivity index (χ1v) is 10.8. The van der Waals surface area contributed by atoms with Crippen LogP contribution in [0.25, 0.3) is 12.2 Å². The molecule has 1 aliphatic rings. The fourth-order valence-corrected chi connectivity index (χ4v) is 3.98. The Morgan fingerprint density at radius 1 is 1.09 bits per heavy atom. The van der Waals surface area contributed by atoms with E-state index in [1.54, 1.807) is 55.0 Å². The smallest absolute Gasteiger partial charge is 0.267 e. The fraction of sp³-hybridized carbons (Fsp3) is 0.0800. The van der Waals surface area contributed by atoms with Gasteiger partial charge >= 0.3 is 0 Å². The van der Waals surface area contributed by atoms with Crippen LogP contribution in [-0.4, -0.2) is 27.3 Å². The van der Waals surface area contributed by atoms with Gasteiger partial charge in [0.25, 0.3) is 5.91 Å². The van der Waals surface area contributed by atoms with Crippen LogP contribution in [0.2, 0.25) is 0 Å². The van der Waals surface area contributed by atoms with Crippen LogP contribution < -0.4 is 0 Å². The number of carbonyl (C=O) groups excluding carboxylic acids is 1. The molecule has 0 spiro atoms. The standard InChI is InChI=1S/C25H21N3O3S/c1-18(14-19-8-3-2-4-9-19)16-26-27-25-28(17-21-11-7-13-31-21)24(30)23(32-25)15-20-10-5-6-12-22(20)29/h2-16,29H,17H2,1H3/b18-14+,23-15-,26-16-,27-25+. The molecule has 0 radical (unpaired) electrons. The van der Waals surface area contributed by atoms with E-state index < -0.39 is 0 Å². The Balaban J connectivity index is 1.59. The zero-order valence-corrected chi connectivity index (χ0v) is 18.2. The largest absolute Gasteiger partial charge is 0.507 e. The summed E-state index contributed by atoms with van der Waals surface area (Å²) in [5.74, 6) is 0.524. The average Bonchev–Trinajstić information content (AvgIpc) is 3.40. The van der Waals surface area contributed by atoms with Gasteiger partial charge in [-0.1, -0.05) is 54.6 Å². The third-order valence-electron chi connectivity index (χ3n) is 4.60. The maximum absolute atomic E-state index is 13.1. The third kappa shape index (κ3) is 5.25. The lowest BCUT2D eigenvalue weighted by atomic mass is 10.1. The van der Waals surface area contributed by atoms with E-state index in [4.69, 9.17) is 4.42 Å². The van der Waals surface area contributed by atoms with Gasteiger partial charge in [0.05, 0.1) is 23.9 Å². The lowest BCUT2D eigenvalue weighted by molar-refractivity contribution is -0.122. The van der Waals surface area contributed by atoms with Gasteiger partial charge in [0, 0.05) is 5.56 Å². The summed E-state index contributed by atoms with van der Waals surface area (Å²) in [5, 5.41) is 19.0. The van der Waals surface area contributed by atoms with E-state index in [0.29, 0.717) is 21.4 Å². The Kier molecular flexibility index (Phi) is 6.67. The number of thioether (sulfide) groups is 1. The molecule has 4 rings (SSSR count). The molecule has 1 aromatic heterocycles. The summed E-state index contributed by atoms with van der Waals surface area (Å²) in [6.45, 7) is 2.18. The number of phenolic OH excluding ortho intramolecular Hbond substituents is 1. The molecular weight excluding hydrogens is 422 g/mol. The van der Waals surface area contributed by atoms with E-state index in [-0.39, 0.29) is 18.2 Å². The maximum Gasteiger partial charge on any atom is 0.267 e. The summed E-state index contributed by atoms with van der Waals surface area (Å²) in [4.78, 5) is 15.0. The van der Waals surface area contributed by atoms with Crippen molar-refractivity contribution in [2.45, 2.75) is 13.5 Å². The molecule has 0 unspecified atom stereocenters. The number of para-hydroxylation sites is 1. The molecule has 1 fully saturated rings. The van der Waals surface area contributed by atoms with Crippen LogP contribution in [0, 0.1) is 0 Å². The number of nitrogens with zero attached hydrogens (tertiary/aromatic N) is 3.